The molecule has 11 heteroatoms. The van der Waals surface area contributed by atoms with E-state index in [9.17, 15) is 24.9 Å². The summed E-state index contributed by atoms with van der Waals surface area (Å²) in [4.78, 5) is 28.3. The summed E-state index contributed by atoms with van der Waals surface area (Å²) in [6.45, 7) is 0.985. The number of fused-ring (bicyclic) bond motifs is 1. The van der Waals surface area contributed by atoms with Crippen LogP contribution in [-0.4, -0.2) is 61.5 Å². The van der Waals surface area contributed by atoms with Crippen molar-refractivity contribution < 1.29 is 24.8 Å². The third-order valence-electron chi connectivity index (χ3n) is 4.06. The molecule has 0 aliphatic carbocycles. The van der Waals surface area contributed by atoms with Gasteiger partial charge in [-0.1, -0.05) is 11.6 Å². The topological polar surface area (TPSA) is 136 Å². The summed E-state index contributed by atoms with van der Waals surface area (Å²) >= 11 is 6.05. The van der Waals surface area contributed by atoms with Crippen molar-refractivity contribution in [3.8, 4) is 5.75 Å². The van der Waals surface area contributed by atoms with Gasteiger partial charge in [-0.05, 0) is 6.92 Å². The van der Waals surface area contributed by atoms with E-state index in [1.165, 1.54) is 17.7 Å². The summed E-state index contributed by atoms with van der Waals surface area (Å²) in [6.07, 6.45) is -5.36. The zero-order valence-electron chi connectivity index (χ0n) is 13.3. The van der Waals surface area contributed by atoms with Crippen LogP contribution in [0.2, 0.25) is 5.02 Å². The first-order chi connectivity index (χ1) is 11.8. The van der Waals surface area contributed by atoms with Crippen molar-refractivity contribution in [2.75, 3.05) is 13.7 Å². The summed E-state index contributed by atoms with van der Waals surface area (Å²) in [5.41, 5.74) is -1.10. The highest BCUT2D eigenvalue weighted by Crippen LogP contribution is 2.31. The number of hydrogen-bond acceptors (Lipinski definition) is 8. The Balaban J connectivity index is 2.38. The molecule has 0 aromatic carbocycles. The van der Waals surface area contributed by atoms with Gasteiger partial charge < -0.3 is 24.8 Å². The Morgan fingerprint density at radius 2 is 2.04 bits per heavy atom. The number of methoxy groups -OCH3 is 1. The van der Waals surface area contributed by atoms with Gasteiger partial charge in [0, 0.05) is 11.8 Å². The second-order valence-corrected chi connectivity index (χ2v) is 5.97. The van der Waals surface area contributed by atoms with Crippen molar-refractivity contribution in [1.82, 2.24) is 14.2 Å². The Bertz CT molecular complexity index is 941. The number of halogens is 1. The molecule has 0 radical (unpaired) electrons. The standard InChI is InChI=1S/C14H16ClN3O7/c1-5-3-7(20)16-12-11(24-2)8(15)13(23)18(17(5)12)14-10(22)9(21)6(4-19)25-14/h3,6,9-10,14,19,21-22H,4H2,1-2H3/t6-,9-,10-,14-/m1/s1. The first-order valence-electron chi connectivity index (χ1n) is 7.33. The highest BCUT2D eigenvalue weighted by Gasteiger charge is 2.45. The normalized spacial score (nSPS) is 26.3. The van der Waals surface area contributed by atoms with Gasteiger partial charge in [0.25, 0.3) is 11.1 Å². The SMILES string of the molecule is COc1c(Cl)c(=O)n([C@@H]2O[C@H](CO)[C@@H](O)[C@H]2O)n2c(C)cc(=O)nc12. The zero-order chi connectivity index (χ0) is 18.5. The second-order valence-electron chi connectivity index (χ2n) is 5.60. The molecule has 10 nitrogen and oxygen atoms in total. The molecule has 2 aromatic heterocycles. The van der Waals surface area contributed by atoms with Gasteiger partial charge in [0.2, 0.25) is 0 Å². The highest BCUT2D eigenvalue weighted by molar-refractivity contribution is 6.32. The molecule has 1 aliphatic rings. The predicted octanol–water partition coefficient (Wildman–Crippen LogP) is -1.56. The predicted molar refractivity (Wildman–Crippen MR) is 85.0 cm³/mol. The minimum Gasteiger partial charge on any atom is -0.491 e. The molecule has 0 bridgehead atoms. The first kappa shape index (κ1) is 17.8. The van der Waals surface area contributed by atoms with Crippen LogP contribution < -0.4 is 15.9 Å². The van der Waals surface area contributed by atoms with Crippen LogP contribution in [0.4, 0.5) is 0 Å². The Labute approximate surface area is 145 Å². The van der Waals surface area contributed by atoms with Crippen LogP contribution in [-0.2, 0) is 4.74 Å². The fourth-order valence-corrected chi connectivity index (χ4v) is 3.14. The van der Waals surface area contributed by atoms with Crippen molar-refractivity contribution in [3.05, 3.63) is 37.5 Å². The van der Waals surface area contributed by atoms with Crippen molar-refractivity contribution >= 4 is 17.2 Å². The molecule has 3 heterocycles. The van der Waals surface area contributed by atoms with Crippen LogP contribution >= 0.6 is 11.6 Å². The van der Waals surface area contributed by atoms with E-state index >= 15 is 0 Å². The quantitative estimate of drug-likeness (QED) is 0.587. The molecule has 136 valence electrons. The molecule has 3 N–H and O–H groups in total. The van der Waals surface area contributed by atoms with E-state index in [0.717, 1.165) is 4.68 Å². The average molecular weight is 374 g/mol. The van der Waals surface area contributed by atoms with Gasteiger partial charge >= 0.3 is 0 Å². The van der Waals surface area contributed by atoms with Crippen LogP contribution in [0.3, 0.4) is 0 Å². The number of ether oxygens (including phenoxy) is 2. The number of aliphatic hydroxyl groups is 3. The summed E-state index contributed by atoms with van der Waals surface area (Å²) in [5, 5.41) is 29.1. The van der Waals surface area contributed by atoms with E-state index in [1.54, 1.807) is 6.92 Å². The molecule has 2 aromatic rings. The van der Waals surface area contributed by atoms with Crippen molar-refractivity contribution in [3.63, 3.8) is 0 Å². The van der Waals surface area contributed by atoms with Crippen LogP contribution in [0, 0.1) is 6.92 Å². The highest BCUT2D eigenvalue weighted by atomic mass is 35.5. The van der Waals surface area contributed by atoms with E-state index in [2.05, 4.69) is 4.98 Å². The maximum Gasteiger partial charge on any atom is 0.290 e. The molecule has 0 spiro atoms. The smallest absolute Gasteiger partial charge is 0.290 e. The Kier molecular flexibility index (Phi) is 4.56. The molecule has 4 atom stereocenters. The molecule has 0 unspecified atom stereocenters. The summed E-state index contributed by atoms with van der Waals surface area (Å²) in [6, 6.07) is 1.18. The van der Waals surface area contributed by atoms with Gasteiger partial charge in [-0.25, -0.2) is 9.20 Å². The molecule has 1 aliphatic heterocycles. The monoisotopic (exact) mass is 373 g/mol. The van der Waals surface area contributed by atoms with Crippen molar-refractivity contribution in [2.45, 2.75) is 31.5 Å². The molecule has 1 fully saturated rings. The number of aromatic nitrogens is 3. The Morgan fingerprint density at radius 1 is 1.36 bits per heavy atom. The van der Waals surface area contributed by atoms with Crippen molar-refractivity contribution in [2.24, 2.45) is 0 Å². The fourth-order valence-electron chi connectivity index (χ4n) is 2.89. The van der Waals surface area contributed by atoms with E-state index in [-0.39, 0.29) is 16.4 Å². The van der Waals surface area contributed by atoms with Crippen molar-refractivity contribution in [1.29, 1.82) is 0 Å². The summed E-state index contributed by atoms with van der Waals surface area (Å²) in [7, 11) is 1.27. The lowest BCUT2D eigenvalue weighted by Gasteiger charge is -2.23. The lowest BCUT2D eigenvalue weighted by molar-refractivity contribution is -0.0631. The fraction of sp³-hybridized carbons (Fsp3) is 0.500. The van der Waals surface area contributed by atoms with Gasteiger partial charge in [-0.3, -0.25) is 9.59 Å². The first-order valence-corrected chi connectivity index (χ1v) is 7.70. The third-order valence-corrected chi connectivity index (χ3v) is 4.39. The number of aliphatic hydroxyl groups excluding tert-OH is 3. The molecular weight excluding hydrogens is 358 g/mol. The molecule has 25 heavy (non-hydrogen) atoms. The minimum atomic E-state index is -1.51. The van der Waals surface area contributed by atoms with Gasteiger partial charge in [0.1, 0.15) is 18.3 Å². The maximum atomic E-state index is 12.7. The van der Waals surface area contributed by atoms with E-state index < -0.39 is 42.3 Å². The maximum absolute atomic E-state index is 12.7. The van der Waals surface area contributed by atoms with E-state index in [4.69, 9.17) is 21.1 Å². The minimum absolute atomic E-state index is 0.0464. The molecule has 0 amide bonds. The largest absolute Gasteiger partial charge is 0.491 e. The summed E-state index contributed by atoms with van der Waals surface area (Å²) in [5.74, 6) is -0.101. The third kappa shape index (κ3) is 2.62. The number of hydrogen-bond donors (Lipinski definition) is 3. The Morgan fingerprint density at radius 3 is 2.60 bits per heavy atom. The molecule has 0 saturated carbocycles. The number of nitrogens with zero attached hydrogens (tertiary/aromatic N) is 3. The van der Waals surface area contributed by atoms with Gasteiger partial charge in [0.05, 0.1) is 13.7 Å². The molecular formula is C14H16ClN3O7. The van der Waals surface area contributed by atoms with Gasteiger partial charge in [-0.15, -0.1) is 0 Å². The molecule has 1 saturated heterocycles. The Hall–Kier alpha value is -1.98. The van der Waals surface area contributed by atoms with Gasteiger partial charge in [0.15, 0.2) is 22.6 Å². The lowest BCUT2D eigenvalue weighted by atomic mass is 10.1. The van der Waals surface area contributed by atoms with Gasteiger partial charge in [-0.2, -0.15) is 4.98 Å². The van der Waals surface area contributed by atoms with E-state index in [1.807, 2.05) is 0 Å². The molecule has 3 rings (SSSR count). The van der Waals surface area contributed by atoms with Crippen LogP contribution in [0.1, 0.15) is 11.9 Å². The van der Waals surface area contributed by atoms with Crippen LogP contribution in [0.25, 0.3) is 5.65 Å². The number of rotatable bonds is 3. The summed E-state index contributed by atoms with van der Waals surface area (Å²) < 4.78 is 12.7. The lowest BCUT2D eigenvalue weighted by Crippen LogP contribution is -2.39. The number of aryl methyl sites for hydroxylation is 1. The van der Waals surface area contributed by atoms with Crippen LogP contribution in [0.15, 0.2) is 15.7 Å². The average Bonchev–Trinajstić information content (AvgIpc) is 2.85. The zero-order valence-corrected chi connectivity index (χ0v) is 14.0. The van der Waals surface area contributed by atoms with Crippen LogP contribution in [0.5, 0.6) is 5.75 Å². The second kappa shape index (κ2) is 6.39. The van der Waals surface area contributed by atoms with E-state index in [0.29, 0.717) is 5.69 Å².